The number of hydrogen-bond donors (Lipinski definition) is 1. The second-order valence-corrected chi connectivity index (χ2v) is 8.93. The summed E-state index contributed by atoms with van der Waals surface area (Å²) in [6.07, 6.45) is 7.91. The third-order valence-electron chi connectivity index (χ3n) is 5.47. The summed E-state index contributed by atoms with van der Waals surface area (Å²) in [5, 5.41) is 0. The quantitative estimate of drug-likeness (QED) is 0.624. The molecule has 110 valence electrons. The van der Waals surface area contributed by atoms with E-state index in [2.05, 4.69) is 0 Å². The van der Waals surface area contributed by atoms with Gasteiger partial charge in [-0.15, -0.1) is 0 Å². The van der Waals surface area contributed by atoms with Gasteiger partial charge in [0.1, 0.15) is 5.67 Å². The number of alkyl halides is 1. The Morgan fingerprint density at radius 2 is 1.74 bits per heavy atom. The molecule has 0 aromatic rings. The van der Waals surface area contributed by atoms with Crippen LogP contribution in [0.3, 0.4) is 0 Å². The van der Waals surface area contributed by atoms with Crippen LogP contribution in [0.4, 0.5) is 4.39 Å². The van der Waals surface area contributed by atoms with E-state index >= 15 is 0 Å². The molecule has 0 heterocycles. The molecule has 0 aliphatic heterocycles. The third-order valence-corrected chi connectivity index (χ3v) is 6.27. The maximum atomic E-state index is 14.7. The van der Waals surface area contributed by atoms with Crippen LogP contribution in [-0.4, -0.2) is 24.4 Å². The molecule has 0 aromatic carbocycles. The number of rotatable bonds is 5. The molecular formula is C14H23FO3S. The summed E-state index contributed by atoms with van der Waals surface area (Å²) in [5.74, 6) is 0.970. The summed E-state index contributed by atoms with van der Waals surface area (Å²) in [7, 11) is -3.84. The van der Waals surface area contributed by atoms with Crippen molar-refractivity contribution in [2.75, 3.05) is 5.75 Å². The van der Waals surface area contributed by atoms with Crippen LogP contribution in [-0.2, 0) is 10.1 Å². The molecule has 2 atom stereocenters. The predicted octanol–water partition coefficient (Wildman–Crippen LogP) is 3.35. The molecule has 0 spiro atoms. The van der Waals surface area contributed by atoms with Gasteiger partial charge < -0.3 is 0 Å². The zero-order valence-electron chi connectivity index (χ0n) is 11.3. The maximum Gasteiger partial charge on any atom is 0.264 e. The van der Waals surface area contributed by atoms with Crippen LogP contribution >= 0.6 is 0 Å². The van der Waals surface area contributed by atoms with Crippen LogP contribution in [0.2, 0.25) is 0 Å². The average Bonchev–Trinajstić information content (AvgIpc) is 2.19. The van der Waals surface area contributed by atoms with Gasteiger partial charge in [-0.25, -0.2) is 4.39 Å². The van der Waals surface area contributed by atoms with Crippen LogP contribution in [0.25, 0.3) is 0 Å². The summed E-state index contributed by atoms with van der Waals surface area (Å²) in [6, 6.07) is 0. The van der Waals surface area contributed by atoms with Gasteiger partial charge in [0.15, 0.2) is 0 Å². The first-order valence-corrected chi connectivity index (χ1v) is 9.03. The Morgan fingerprint density at radius 1 is 1.11 bits per heavy atom. The monoisotopic (exact) mass is 290 g/mol. The standard InChI is InChI=1S/C14H23FO3S/c15-14-8-11-5-12(9-14)7-13(6-11,10-14)3-1-2-4-19(16,17)18/h11-12H,1-10H2,(H,16,17,18). The molecule has 4 rings (SSSR count). The van der Waals surface area contributed by atoms with Gasteiger partial charge in [0.2, 0.25) is 0 Å². The first-order chi connectivity index (χ1) is 8.78. The highest BCUT2D eigenvalue weighted by molar-refractivity contribution is 7.85. The zero-order valence-corrected chi connectivity index (χ0v) is 12.1. The minimum atomic E-state index is -3.84. The Bertz CT molecular complexity index is 445. The molecule has 5 heteroatoms. The molecular weight excluding hydrogens is 267 g/mol. The largest absolute Gasteiger partial charge is 0.286 e. The second-order valence-electron chi connectivity index (χ2n) is 7.36. The van der Waals surface area contributed by atoms with E-state index < -0.39 is 15.8 Å². The molecule has 2 unspecified atom stereocenters. The Morgan fingerprint density at radius 3 is 2.26 bits per heavy atom. The van der Waals surface area contributed by atoms with Crippen LogP contribution < -0.4 is 0 Å². The van der Waals surface area contributed by atoms with Gasteiger partial charge in [-0.2, -0.15) is 8.42 Å². The van der Waals surface area contributed by atoms with Gasteiger partial charge in [-0.05, 0) is 68.6 Å². The summed E-state index contributed by atoms with van der Waals surface area (Å²) >= 11 is 0. The predicted molar refractivity (Wildman–Crippen MR) is 71.2 cm³/mol. The normalized spacial score (nSPS) is 44.7. The van der Waals surface area contributed by atoms with Crippen LogP contribution in [0.1, 0.15) is 57.8 Å². The summed E-state index contributed by atoms with van der Waals surface area (Å²) in [4.78, 5) is 0. The van der Waals surface area contributed by atoms with E-state index in [1.54, 1.807) is 0 Å². The summed E-state index contributed by atoms with van der Waals surface area (Å²) in [6.45, 7) is 0. The van der Waals surface area contributed by atoms with Crippen LogP contribution in [0.15, 0.2) is 0 Å². The molecule has 4 aliphatic carbocycles. The lowest BCUT2D eigenvalue weighted by molar-refractivity contribution is -0.126. The lowest BCUT2D eigenvalue weighted by atomic mass is 9.47. The lowest BCUT2D eigenvalue weighted by Crippen LogP contribution is -2.53. The molecule has 4 bridgehead atoms. The molecule has 4 aliphatic rings. The minimum absolute atomic E-state index is 0.137. The van der Waals surface area contributed by atoms with E-state index in [0.717, 1.165) is 38.5 Å². The molecule has 4 saturated carbocycles. The van der Waals surface area contributed by atoms with Crippen molar-refractivity contribution in [1.82, 2.24) is 0 Å². The number of halogens is 1. The lowest BCUT2D eigenvalue weighted by Gasteiger charge is -2.59. The van der Waals surface area contributed by atoms with Crippen molar-refractivity contribution in [3.63, 3.8) is 0 Å². The van der Waals surface area contributed by atoms with E-state index in [4.69, 9.17) is 4.55 Å². The zero-order chi connectivity index (χ0) is 13.7. The molecule has 3 nitrogen and oxygen atoms in total. The molecule has 0 aromatic heterocycles. The van der Waals surface area contributed by atoms with Gasteiger partial charge in [-0.1, -0.05) is 6.42 Å². The fourth-order valence-corrected chi connectivity index (χ4v) is 5.98. The van der Waals surface area contributed by atoms with Crippen molar-refractivity contribution >= 4 is 10.1 Å². The second kappa shape index (κ2) is 4.42. The highest BCUT2D eigenvalue weighted by Crippen LogP contribution is 2.64. The van der Waals surface area contributed by atoms with Gasteiger partial charge in [-0.3, -0.25) is 4.55 Å². The Hall–Kier alpha value is -0.160. The van der Waals surface area contributed by atoms with Gasteiger partial charge >= 0.3 is 0 Å². The van der Waals surface area contributed by atoms with Crippen molar-refractivity contribution in [1.29, 1.82) is 0 Å². The summed E-state index contributed by atoms with van der Waals surface area (Å²) in [5.41, 5.74) is -0.787. The molecule has 0 radical (unpaired) electrons. The maximum absolute atomic E-state index is 14.7. The van der Waals surface area contributed by atoms with Crippen molar-refractivity contribution in [3.8, 4) is 0 Å². The topological polar surface area (TPSA) is 54.4 Å². The Labute approximate surface area is 114 Å². The molecule has 4 fully saturated rings. The fourth-order valence-electron chi connectivity index (χ4n) is 5.41. The minimum Gasteiger partial charge on any atom is -0.286 e. The van der Waals surface area contributed by atoms with E-state index in [9.17, 15) is 12.8 Å². The smallest absolute Gasteiger partial charge is 0.264 e. The highest BCUT2D eigenvalue weighted by atomic mass is 32.2. The molecule has 19 heavy (non-hydrogen) atoms. The Balaban J connectivity index is 1.58. The first kappa shape index (κ1) is 13.8. The van der Waals surface area contributed by atoms with E-state index in [1.165, 1.54) is 6.42 Å². The molecule has 0 saturated heterocycles. The third kappa shape index (κ3) is 2.97. The van der Waals surface area contributed by atoms with Crippen LogP contribution in [0, 0.1) is 17.3 Å². The van der Waals surface area contributed by atoms with E-state index in [-0.39, 0.29) is 11.2 Å². The van der Waals surface area contributed by atoms with E-state index in [1.807, 2.05) is 0 Å². The number of unbranched alkanes of at least 4 members (excludes halogenated alkanes) is 1. The van der Waals surface area contributed by atoms with Gasteiger partial charge in [0, 0.05) is 0 Å². The fraction of sp³-hybridized carbons (Fsp3) is 1.00. The molecule has 1 N–H and O–H groups in total. The van der Waals surface area contributed by atoms with E-state index in [0.29, 0.717) is 24.7 Å². The highest BCUT2D eigenvalue weighted by Gasteiger charge is 2.57. The first-order valence-electron chi connectivity index (χ1n) is 7.42. The van der Waals surface area contributed by atoms with Crippen molar-refractivity contribution < 1.29 is 17.4 Å². The summed E-state index contributed by atoms with van der Waals surface area (Å²) < 4.78 is 44.8. The van der Waals surface area contributed by atoms with Gasteiger partial charge in [0.05, 0.1) is 5.75 Å². The SMILES string of the molecule is O=S(=O)(O)CCCCC12CC3CC(CC(F)(C3)C1)C2. The van der Waals surface area contributed by atoms with Gasteiger partial charge in [0.25, 0.3) is 10.1 Å². The Kier molecular flexibility index (Phi) is 3.21. The van der Waals surface area contributed by atoms with Crippen molar-refractivity contribution in [2.24, 2.45) is 17.3 Å². The number of hydrogen-bond acceptors (Lipinski definition) is 2. The van der Waals surface area contributed by atoms with Crippen LogP contribution in [0.5, 0.6) is 0 Å². The van der Waals surface area contributed by atoms with Crippen molar-refractivity contribution in [3.05, 3.63) is 0 Å². The van der Waals surface area contributed by atoms with Crippen molar-refractivity contribution in [2.45, 2.75) is 63.5 Å². The average molecular weight is 290 g/mol. The molecule has 0 amide bonds.